The molecular weight excluding hydrogens is 444 g/mol. The highest BCUT2D eigenvalue weighted by atomic mass is 32.2. The number of ether oxygens (including phenoxy) is 1. The van der Waals surface area contributed by atoms with Crippen molar-refractivity contribution in [1.82, 2.24) is 24.7 Å². The van der Waals surface area contributed by atoms with Gasteiger partial charge in [0, 0.05) is 13.0 Å². The third kappa shape index (κ3) is 4.46. The normalized spacial score (nSPS) is 11.2. The minimum atomic E-state index is -0.356. The van der Waals surface area contributed by atoms with Crippen molar-refractivity contribution in [2.45, 2.75) is 44.6 Å². The predicted molar refractivity (Wildman–Crippen MR) is 127 cm³/mol. The Morgan fingerprint density at radius 1 is 1.19 bits per heavy atom. The first-order valence-corrected chi connectivity index (χ1v) is 12.1. The number of fused-ring (bicyclic) bond motifs is 1. The summed E-state index contributed by atoms with van der Waals surface area (Å²) in [5.74, 6) is 2.02. The second kappa shape index (κ2) is 9.66. The zero-order valence-electron chi connectivity index (χ0n) is 18.2. The first-order valence-electron chi connectivity index (χ1n) is 10.3. The lowest BCUT2D eigenvalue weighted by atomic mass is 10.1. The van der Waals surface area contributed by atoms with Crippen molar-refractivity contribution in [2.24, 2.45) is 0 Å². The molecule has 4 aromatic rings. The Bertz CT molecular complexity index is 1250. The number of nitrogens with two attached hydrogens (primary N) is 1. The van der Waals surface area contributed by atoms with E-state index in [2.05, 4.69) is 43.8 Å². The summed E-state index contributed by atoms with van der Waals surface area (Å²) >= 11 is 2.81. The van der Waals surface area contributed by atoms with E-state index in [0.29, 0.717) is 39.1 Å². The second-order valence-corrected chi connectivity index (χ2v) is 9.02. The van der Waals surface area contributed by atoms with Crippen molar-refractivity contribution in [1.29, 1.82) is 0 Å². The standard InChI is InChI=1S/C22H24N6O2S2/c1-4-28-16(11-14-9-7-6-8-10-14)26-27-22(28)31-12-15-24-19(23)17-13(3)18(21(29)30-5-2)32-20(17)25-15/h6-10H,4-5,11-12H2,1-3H3,(H2,23,24,25). The number of rotatable bonds is 8. The van der Waals surface area contributed by atoms with Crippen LogP contribution in [0.4, 0.5) is 5.82 Å². The zero-order chi connectivity index (χ0) is 22.7. The molecule has 4 rings (SSSR count). The van der Waals surface area contributed by atoms with E-state index in [4.69, 9.17) is 10.5 Å². The van der Waals surface area contributed by atoms with Gasteiger partial charge < -0.3 is 15.0 Å². The number of anilines is 1. The molecule has 0 saturated heterocycles. The lowest BCUT2D eigenvalue weighted by molar-refractivity contribution is 0.0531. The molecule has 2 N–H and O–H groups in total. The SMILES string of the molecule is CCOC(=O)c1sc2nc(CSc3nnc(Cc4ccccc4)n3CC)nc(N)c2c1C. The smallest absolute Gasteiger partial charge is 0.348 e. The molecule has 10 heteroatoms. The molecule has 3 heterocycles. The quantitative estimate of drug-likeness (QED) is 0.302. The highest BCUT2D eigenvalue weighted by Crippen LogP contribution is 2.34. The Morgan fingerprint density at radius 2 is 1.97 bits per heavy atom. The molecule has 0 spiro atoms. The number of nitrogens with zero attached hydrogens (tertiary/aromatic N) is 5. The molecule has 1 aromatic carbocycles. The molecule has 8 nitrogen and oxygen atoms in total. The highest BCUT2D eigenvalue weighted by Gasteiger charge is 2.21. The molecule has 0 fully saturated rings. The maximum Gasteiger partial charge on any atom is 0.348 e. The predicted octanol–water partition coefficient (Wildman–Crippen LogP) is 4.25. The van der Waals surface area contributed by atoms with Gasteiger partial charge in [-0.1, -0.05) is 42.1 Å². The van der Waals surface area contributed by atoms with Crippen LogP contribution in [-0.2, 0) is 23.5 Å². The summed E-state index contributed by atoms with van der Waals surface area (Å²) in [6.07, 6.45) is 0.725. The summed E-state index contributed by atoms with van der Waals surface area (Å²) in [7, 11) is 0. The number of carbonyl (C=O) groups is 1. The summed E-state index contributed by atoms with van der Waals surface area (Å²) in [5.41, 5.74) is 8.17. The number of benzene rings is 1. The third-order valence-electron chi connectivity index (χ3n) is 4.97. The largest absolute Gasteiger partial charge is 0.462 e. The first-order chi connectivity index (χ1) is 15.5. The van der Waals surface area contributed by atoms with Gasteiger partial charge in [-0.25, -0.2) is 14.8 Å². The van der Waals surface area contributed by atoms with Crippen LogP contribution >= 0.6 is 23.1 Å². The Hall–Kier alpha value is -2.98. The van der Waals surface area contributed by atoms with Crippen LogP contribution in [0.3, 0.4) is 0 Å². The minimum Gasteiger partial charge on any atom is -0.462 e. The number of esters is 1. The van der Waals surface area contributed by atoms with Crippen molar-refractivity contribution < 1.29 is 9.53 Å². The number of aryl methyl sites for hydroxylation is 1. The Morgan fingerprint density at radius 3 is 2.69 bits per heavy atom. The van der Waals surface area contributed by atoms with Gasteiger partial charge in [0.2, 0.25) is 0 Å². The van der Waals surface area contributed by atoms with E-state index in [-0.39, 0.29) is 5.97 Å². The van der Waals surface area contributed by atoms with Crippen molar-refractivity contribution in [3.63, 3.8) is 0 Å². The average molecular weight is 469 g/mol. The van der Waals surface area contributed by atoms with Gasteiger partial charge in [0.15, 0.2) is 5.16 Å². The summed E-state index contributed by atoms with van der Waals surface area (Å²) < 4.78 is 7.25. The number of aromatic nitrogens is 5. The molecule has 3 aromatic heterocycles. The number of carbonyl (C=O) groups excluding carboxylic acids is 1. The molecule has 32 heavy (non-hydrogen) atoms. The van der Waals surface area contributed by atoms with Crippen LogP contribution in [0.2, 0.25) is 0 Å². The molecule has 0 unspecified atom stereocenters. The Labute approximate surface area is 194 Å². The van der Waals surface area contributed by atoms with Crippen LogP contribution in [0.25, 0.3) is 10.2 Å². The lowest BCUT2D eigenvalue weighted by Crippen LogP contribution is -2.05. The number of thiophene rings is 1. The van der Waals surface area contributed by atoms with Crippen molar-refractivity contribution in [3.05, 3.63) is 58.0 Å². The average Bonchev–Trinajstić information content (AvgIpc) is 3.33. The van der Waals surface area contributed by atoms with E-state index >= 15 is 0 Å². The molecule has 0 bridgehead atoms. The van der Waals surface area contributed by atoms with Crippen molar-refractivity contribution in [3.8, 4) is 0 Å². The lowest BCUT2D eigenvalue weighted by Gasteiger charge is -2.07. The van der Waals surface area contributed by atoms with E-state index in [1.165, 1.54) is 28.7 Å². The van der Waals surface area contributed by atoms with Crippen molar-refractivity contribution in [2.75, 3.05) is 12.3 Å². The number of nitrogen functional groups attached to an aromatic ring is 1. The fourth-order valence-electron chi connectivity index (χ4n) is 3.45. The summed E-state index contributed by atoms with van der Waals surface area (Å²) in [6, 6.07) is 10.2. The number of hydrogen-bond donors (Lipinski definition) is 1. The minimum absolute atomic E-state index is 0.319. The highest BCUT2D eigenvalue weighted by molar-refractivity contribution is 7.98. The molecule has 166 valence electrons. The van der Waals surface area contributed by atoms with Gasteiger partial charge in [-0.3, -0.25) is 0 Å². The first kappa shape index (κ1) is 22.2. The van der Waals surface area contributed by atoms with Crippen LogP contribution in [-0.4, -0.2) is 37.3 Å². The van der Waals surface area contributed by atoms with Gasteiger partial charge in [0.25, 0.3) is 0 Å². The van der Waals surface area contributed by atoms with Gasteiger partial charge in [-0.05, 0) is 31.9 Å². The van der Waals surface area contributed by atoms with Gasteiger partial charge in [-0.15, -0.1) is 21.5 Å². The molecule has 0 amide bonds. The van der Waals surface area contributed by atoms with Crippen LogP contribution in [0.1, 0.15) is 46.3 Å². The fraction of sp³-hybridized carbons (Fsp3) is 0.318. The second-order valence-electron chi connectivity index (χ2n) is 7.08. The zero-order valence-corrected chi connectivity index (χ0v) is 19.8. The van der Waals surface area contributed by atoms with Gasteiger partial charge >= 0.3 is 5.97 Å². The summed E-state index contributed by atoms with van der Waals surface area (Å²) in [4.78, 5) is 22.5. The van der Waals surface area contributed by atoms with Gasteiger partial charge in [-0.2, -0.15) is 0 Å². The van der Waals surface area contributed by atoms with Crippen LogP contribution in [0.15, 0.2) is 35.5 Å². The summed E-state index contributed by atoms with van der Waals surface area (Å²) in [6.45, 7) is 6.79. The molecule has 0 atom stereocenters. The van der Waals surface area contributed by atoms with Crippen LogP contribution in [0, 0.1) is 6.92 Å². The van der Waals surface area contributed by atoms with E-state index in [9.17, 15) is 4.79 Å². The van der Waals surface area contributed by atoms with E-state index in [0.717, 1.165) is 29.5 Å². The van der Waals surface area contributed by atoms with Crippen LogP contribution < -0.4 is 5.73 Å². The maximum absolute atomic E-state index is 12.2. The number of hydrogen-bond acceptors (Lipinski definition) is 9. The Balaban J connectivity index is 1.55. The molecule has 0 saturated carbocycles. The molecule has 0 radical (unpaired) electrons. The van der Waals surface area contributed by atoms with Gasteiger partial charge in [0.05, 0.1) is 17.7 Å². The van der Waals surface area contributed by atoms with E-state index in [1.54, 1.807) is 6.92 Å². The molecule has 0 aliphatic heterocycles. The van der Waals surface area contributed by atoms with Crippen LogP contribution in [0.5, 0.6) is 0 Å². The Kier molecular flexibility index (Phi) is 6.71. The number of thioether (sulfide) groups is 1. The maximum atomic E-state index is 12.2. The van der Waals surface area contributed by atoms with Crippen molar-refractivity contribution >= 4 is 45.1 Å². The fourth-order valence-corrected chi connectivity index (χ4v) is 5.43. The molecular formula is C22H24N6O2S2. The van der Waals surface area contributed by atoms with Gasteiger partial charge in [0.1, 0.15) is 27.2 Å². The molecule has 0 aliphatic carbocycles. The summed E-state index contributed by atoms with van der Waals surface area (Å²) in [5, 5.41) is 10.3. The molecule has 0 aliphatic rings. The monoisotopic (exact) mass is 468 g/mol. The van der Waals surface area contributed by atoms with E-state index < -0.39 is 0 Å². The third-order valence-corrected chi connectivity index (χ3v) is 7.10. The van der Waals surface area contributed by atoms with E-state index in [1.807, 2.05) is 25.1 Å². The topological polar surface area (TPSA) is 109 Å².